The van der Waals surface area contributed by atoms with Crippen LogP contribution in [0.3, 0.4) is 0 Å². The third-order valence-corrected chi connectivity index (χ3v) is 4.52. The Hall–Kier alpha value is -3.61. The number of carbonyl (C=O) groups excluding carboxylic acids is 1. The number of benzene rings is 1. The Bertz CT molecular complexity index is 1130. The van der Waals surface area contributed by atoms with Gasteiger partial charge in [-0.2, -0.15) is 0 Å². The lowest BCUT2D eigenvalue weighted by molar-refractivity contribution is -0.120. The predicted octanol–water partition coefficient (Wildman–Crippen LogP) is 3.17. The first-order valence-electron chi connectivity index (χ1n) is 8.93. The monoisotopic (exact) mass is 376 g/mol. The first-order valence-corrected chi connectivity index (χ1v) is 8.93. The highest BCUT2D eigenvalue weighted by Gasteiger charge is 2.17. The van der Waals surface area contributed by atoms with E-state index in [-0.39, 0.29) is 12.3 Å². The topological polar surface area (TPSA) is 81.7 Å². The van der Waals surface area contributed by atoms with Gasteiger partial charge in [0.15, 0.2) is 0 Å². The lowest BCUT2D eigenvalue weighted by Gasteiger charge is -2.04. The van der Waals surface area contributed by atoms with Gasteiger partial charge in [0.2, 0.25) is 11.8 Å². The summed E-state index contributed by atoms with van der Waals surface area (Å²) in [6.07, 6.45) is 3.84. The first kappa shape index (κ1) is 17.8. The van der Waals surface area contributed by atoms with Gasteiger partial charge in [-0.1, -0.05) is 18.2 Å². The molecular weight excluding hydrogens is 356 g/mol. The summed E-state index contributed by atoms with van der Waals surface area (Å²) in [5.74, 6) is 2.36. The summed E-state index contributed by atoms with van der Waals surface area (Å²) in [4.78, 5) is 21.3. The van der Waals surface area contributed by atoms with E-state index in [4.69, 9.17) is 9.15 Å². The minimum absolute atomic E-state index is 0.133. The number of amides is 1. The number of hydrogen-bond acceptors (Lipinski definition) is 5. The van der Waals surface area contributed by atoms with Gasteiger partial charge < -0.3 is 18.9 Å². The van der Waals surface area contributed by atoms with Crippen molar-refractivity contribution in [2.24, 2.45) is 0 Å². The second-order valence-electron chi connectivity index (χ2n) is 6.35. The molecule has 3 aromatic heterocycles. The summed E-state index contributed by atoms with van der Waals surface area (Å²) >= 11 is 0. The number of aromatic nitrogens is 3. The average Bonchev–Trinajstić information content (AvgIpc) is 3.30. The molecule has 0 radical (unpaired) electrons. The molecule has 0 saturated heterocycles. The molecule has 142 valence electrons. The number of aryl methyl sites for hydroxylation is 1. The van der Waals surface area contributed by atoms with Crippen molar-refractivity contribution in [2.75, 3.05) is 7.11 Å². The fourth-order valence-corrected chi connectivity index (χ4v) is 3.05. The van der Waals surface area contributed by atoms with Gasteiger partial charge in [0.25, 0.3) is 0 Å². The van der Waals surface area contributed by atoms with Crippen molar-refractivity contribution in [1.82, 2.24) is 19.7 Å². The Balaban J connectivity index is 1.45. The van der Waals surface area contributed by atoms with Crippen LogP contribution in [0.2, 0.25) is 0 Å². The number of pyridine rings is 1. The summed E-state index contributed by atoms with van der Waals surface area (Å²) in [5, 5.41) is 2.90. The molecule has 28 heavy (non-hydrogen) atoms. The molecule has 0 fully saturated rings. The summed E-state index contributed by atoms with van der Waals surface area (Å²) in [5.41, 5.74) is 2.34. The van der Waals surface area contributed by atoms with Crippen molar-refractivity contribution in [3.63, 3.8) is 0 Å². The first-order chi connectivity index (χ1) is 13.7. The number of fused-ring (bicyclic) bond motifs is 1. The largest absolute Gasteiger partial charge is 0.496 e. The fourth-order valence-electron chi connectivity index (χ4n) is 3.05. The van der Waals surface area contributed by atoms with Gasteiger partial charge in [-0.05, 0) is 31.2 Å². The van der Waals surface area contributed by atoms with Crippen LogP contribution in [0.4, 0.5) is 0 Å². The van der Waals surface area contributed by atoms with E-state index in [0.29, 0.717) is 29.6 Å². The highest BCUT2D eigenvalue weighted by Crippen LogP contribution is 2.30. The van der Waals surface area contributed by atoms with Gasteiger partial charge in [0, 0.05) is 6.20 Å². The molecule has 4 rings (SSSR count). The highest BCUT2D eigenvalue weighted by molar-refractivity contribution is 5.78. The van der Waals surface area contributed by atoms with E-state index in [1.165, 1.54) is 0 Å². The summed E-state index contributed by atoms with van der Waals surface area (Å²) < 4.78 is 13.1. The summed E-state index contributed by atoms with van der Waals surface area (Å²) in [6, 6.07) is 13.3. The molecule has 1 N–H and O–H groups in total. The van der Waals surface area contributed by atoms with E-state index < -0.39 is 0 Å². The van der Waals surface area contributed by atoms with Crippen LogP contribution in [0.5, 0.6) is 5.75 Å². The molecule has 7 heteroatoms. The van der Waals surface area contributed by atoms with E-state index in [2.05, 4.69) is 15.3 Å². The highest BCUT2D eigenvalue weighted by atomic mass is 16.5. The van der Waals surface area contributed by atoms with Crippen LogP contribution in [0.15, 0.2) is 59.3 Å². The van der Waals surface area contributed by atoms with Gasteiger partial charge in [-0.15, -0.1) is 0 Å². The SMILES string of the molecule is COc1ccccc1-c1nc(CC(=O)NCc2ncc3ccccn23)c(C)o1. The third kappa shape index (κ3) is 3.46. The predicted molar refractivity (Wildman–Crippen MR) is 104 cm³/mol. The Morgan fingerprint density at radius 1 is 1.21 bits per heavy atom. The minimum atomic E-state index is -0.143. The smallest absolute Gasteiger partial charge is 0.230 e. The molecule has 0 saturated carbocycles. The molecule has 0 unspecified atom stereocenters. The van der Waals surface area contributed by atoms with Crippen LogP contribution >= 0.6 is 0 Å². The molecule has 3 heterocycles. The zero-order valence-electron chi connectivity index (χ0n) is 15.7. The van der Waals surface area contributed by atoms with E-state index in [0.717, 1.165) is 16.9 Å². The lowest BCUT2D eigenvalue weighted by atomic mass is 10.2. The number of oxazole rings is 1. The van der Waals surface area contributed by atoms with Crippen molar-refractivity contribution >= 4 is 11.4 Å². The quantitative estimate of drug-likeness (QED) is 0.559. The van der Waals surface area contributed by atoms with Crippen LogP contribution in [0, 0.1) is 6.92 Å². The van der Waals surface area contributed by atoms with Crippen LogP contribution in [0.1, 0.15) is 17.3 Å². The molecule has 0 aliphatic rings. The molecule has 7 nitrogen and oxygen atoms in total. The van der Waals surface area contributed by atoms with E-state index >= 15 is 0 Å². The van der Waals surface area contributed by atoms with Gasteiger partial charge in [-0.25, -0.2) is 9.97 Å². The molecule has 0 atom stereocenters. The standard InChI is InChI=1S/C21H20N4O3/c1-14-17(24-21(28-14)16-8-3-4-9-18(16)27-2)11-20(26)23-13-19-22-12-15-7-5-6-10-25(15)19/h3-10,12H,11,13H2,1-2H3,(H,23,26). The van der Waals surface area contributed by atoms with Crippen LogP contribution in [-0.4, -0.2) is 27.4 Å². The molecule has 4 aromatic rings. The number of rotatable bonds is 6. The molecular formula is C21H20N4O3. The maximum atomic E-state index is 12.4. The number of nitrogens with zero attached hydrogens (tertiary/aromatic N) is 3. The lowest BCUT2D eigenvalue weighted by Crippen LogP contribution is -2.26. The van der Waals surface area contributed by atoms with Gasteiger partial charge >= 0.3 is 0 Å². The van der Waals surface area contributed by atoms with E-state index in [1.807, 2.05) is 53.1 Å². The maximum Gasteiger partial charge on any atom is 0.230 e. The van der Waals surface area contributed by atoms with Crippen molar-refractivity contribution in [3.05, 3.63) is 72.1 Å². The van der Waals surface area contributed by atoms with Gasteiger partial charge in [-0.3, -0.25) is 4.79 Å². The molecule has 0 aliphatic heterocycles. The Kier molecular flexibility index (Phi) is 4.80. The van der Waals surface area contributed by atoms with Crippen molar-refractivity contribution < 1.29 is 13.9 Å². The normalized spacial score (nSPS) is 10.9. The average molecular weight is 376 g/mol. The number of ether oxygens (including phenoxy) is 1. The Labute approximate surface area is 162 Å². The molecule has 0 bridgehead atoms. The fraction of sp³-hybridized carbons (Fsp3) is 0.190. The van der Waals surface area contributed by atoms with Crippen molar-refractivity contribution in [2.45, 2.75) is 19.9 Å². The van der Waals surface area contributed by atoms with Gasteiger partial charge in [0.05, 0.1) is 43.0 Å². The zero-order valence-corrected chi connectivity index (χ0v) is 15.7. The number of nitrogens with one attached hydrogen (secondary N) is 1. The van der Waals surface area contributed by atoms with Crippen molar-refractivity contribution in [1.29, 1.82) is 0 Å². The van der Waals surface area contributed by atoms with Crippen molar-refractivity contribution in [3.8, 4) is 17.2 Å². The number of methoxy groups -OCH3 is 1. The molecule has 1 aromatic carbocycles. The summed E-state index contributed by atoms with van der Waals surface area (Å²) in [6.45, 7) is 2.14. The van der Waals surface area contributed by atoms with Gasteiger partial charge in [0.1, 0.15) is 17.3 Å². The molecule has 1 amide bonds. The molecule has 0 aliphatic carbocycles. The zero-order chi connectivity index (χ0) is 19.5. The number of hydrogen-bond donors (Lipinski definition) is 1. The van der Waals surface area contributed by atoms with E-state index in [9.17, 15) is 4.79 Å². The van der Waals surface area contributed by atoms with Crippen LogP contribution < -0.4 is 10.1 Å². The second-order valence-corrected chi connectivity index (χ2v) is 6.35. The second kappa shape index (κ2) is 7.56. The number of imidazole rings is 1. The van der Waals surface area contributed by atoms with Crippen LogP contribution in [-0.2, 0) is 17.8 Å². The molecule has 0 spiro atoms. The van der Waals surface area contributed by atoms with Crippen LogP contribution in [0.25, 0.3) is 17.0 Å². The maximum absolute atomic E-state index is 12.4. The number of carbonyl (C=O) groups is 1. The minimum Gasteiger partial charge on any atom is -0.496 e. The Morgan fingerprint density at radius 2 is 2.04 bits per heavy atom. The number of para-hydroxylation sites is 1. The third-order valence-electron chi connectivity index (χ3n) is 4.52. The van der Waals surface area contributed by atoms with E-state index in [1.54, 1.807) is 20.2 Å². The summed E-state index contributed by atoms with van der Waals surface area (Å²) in [7, 11) is 1.60. The Morgan fingerprint density at radius 3 is 2.89 bits per heavy atom.